The number of hydrogen-bond donors (Lipinski definition) is 3. The summed E-state index contributed by atoms with van der Waals surface area (Å²) in [7, 11) is 0. The zero-order valence-electron chi connectivity index (χ0n) is 22.3. The molecule has 1 atom stereocenters. The molecule has 0 saturated carbocycles. The molecule has 2 aromatic carbocycles. The average Bonchev–Trinajstić information content (AvgIpc) is 3.43. The number of nitriles is 1. The molecular formula is C29H28FN9O2. The third kappa shape index (κ3) is 6.65. The van der Waals surface area contributed by atoms with Crippen molar-refractivity contribution in [3.8, 4) is 23.4 Å². The molecule has 0 amide bonds. The minimum Gasteiger partial charge on any atom is -0.489 e. The highest BCUT2D eigenvalue weighted by Gasteiger charge is 2.24. The molecule has 41 heavy (non-hydrogen) atoms. The van der Waals surface area contributed by atoms with E-state index in [9.17, 15) is 9.65 Å². The van der Waals surface area contributed by atoms with Crippen molar-refractivity contribution in [1.82, 2.24) is 24.8 Å². The Hall–Kier alpha value is -5.31. The normalized spacial score (nSPS) is 14.4. The van der Waals surface area contributed by atoms with Gasteiger partial charge in [0.05, 0.1) is 17.3 Å². The highest BCUT2D eigenvalue weighted by Crippen LogP contribution is 2.29. The minimum absolute atomic E-state index is 0.0556. The zero-order chi connectivity index (χ0) is 28.8. The van der Waals surface area contributed by atoms with Crippen LogP contribution in [0.3, 0.4) is 0 Å². The first-order valence-corrected chi connectivity index (χ1v) is 13.0. The fraction of sp³-hybridized carbons (Fsp3) is 0.241. The monoisotopic (exact) mass is 553 g/mol. The fourth-order valence-corrected chi connectivity index (χ4v) is 4.48. The molecule has 12 heteroatoms. The van der Waals surface area contributed by atoms with Gasteiger partial charge in [-0.15, -0.1) is 0 Å². The van der Waals surface area contributed by atoms with E-state index >= 15 is 0 Å². The van der Waals surface area contributed by atoms with Crippen LogP contribution >= 0.6 is 0 Å². The van der Waals surface area contributed by atoms with Crippen molar-refractivity contribution < 1.29 is 13.9 Å². The lowest BCUT2D eigenvalue weighted by Gasteiger charge is -2.20. The van der Waals surface area contributed by atoms with Crippen molar-refractivity contribution in [2.24, 2.45) is 0 Å². The van der Waals surface area contributed by atoms with Crippen LogP contribution < -0.4 is 20.5 Å². The Morgan fingerprint density at radius 3 is 2.63 bits per heavy atom. The van der Waals surface area contributed by atoms with E-state index in [1.165, 1.54) is 18.5 Å². The first-order chi connectivity index (χ1) is 19.9. The molecule has 4 aromatic rings. The predicted molar refractivity (Wildman–Crippen MR) is 150 cm³/mol. The predicted octanol–water partition coefficient (Wildman–Crippen LogP) is 4.44. The number of hydrogen-bond acceptors (Lipinski definition) is 11. The molecule has 0 radical (unpaired) electrons. The molecule has 1 fully saturated rings. The Labute approximate surface area is 236 Å². The second kappa shape index (κ2) is 12.3. The summed E-state index contributed by atoms with van der Waals surface area (Å²) in [6.07, 6.45) is 8.73. The van der Waals surface area contributed by atoms with Gasteiger partial charge in [0.15, 0.2) is 6.19 Å². The molecule has 0 bridgehead atoms. The van der Waals surface area contributed by atoms with Crippen LogP contribution in [0.2, 0.25) is 0 Å². The number of halogens is 1. The van der Waals surface area contributed by atoms with Crippen molar-refractivity contribution >= 4 is 17.3 Å². The van der Waals surface area contributed by atoms with Crippen LogP contribution in [0.1, 0.15) is 35.4 Å². The van der Waals surface area contributed by atoms with E-state index in [0.717, 1.165) is 24.9 Å². The highest BCUT2D eigenvalue weighted by atomic mass is 19.1. The van der Waals surface area contributed by atoms with Crippen LogP contribution in [0.4, 0.5) is 16.0 Å². The fourth-order valence-electron chi connectivity index (χ4n) is 4.48. The highest BCUT2D eigenvalue weighted by molar-refractivity contribution is 6.16. The molecule has 0 spiro atoms. The Kier molecular flexibility index (Phi) is 8.15. The number of nitrogens with zero attached hydrogens (tertiary/aromatic N) is 6. The van der Waals surface area contributed by atoms with Gasteiger partial charge < -0.3 is 25.4 Å². The molecule has 5 rings (SSSR count). The average molecular weight is 554 g/mol. The maximum absolute atomic E-state index is 14.3. The largest absolute Gasteiger partial charge is 0.489 e. The van der Waals surface area contributed by atoms with E-state index in [1.54, 1.807) is 54.5 Å². The minimum atomic E-state index is -0.508. The molecule has 3 heterocycles. The lowest BCUT2D eigenvalue weighted by atomic mass is 10.0. The molecule has 1 unspecified atom stereocenters. The van der Waals surface area contributed by atoms with E-state index in [4.69, 9.17) is 20.6 Å². The number of aromatic nitrogens is 4. The van der Waals surface area contributed by atoms with Gasteiger partial charge in [0, 0.05) is 54.8 Å². The smallest absolute Gasteiger partial charge is 0.179 e. The quantitative estimate of drug-likeness (QED) is 0.189. The summed E-state index contributed by atoms with van der Waals surface area (Å²) in [4.78, 5) is 18.4. The van der Waals surface area contributed by atoms with Crippen LogP contribution in [0.15, 0.2) is 61.2 Å². The van der Waals surface area contributed by atoms with Gasteiger partial charge in [0.1, 0.15) is 53.5 Å². The third-order valence-electron chi connectivity index (χ3n) is 6.60. The van der Waals surface area contributed by atoms with Crippen LogP contribution in [-0.2, 0) is 6.61 Å². The van der Waals surface area contributed by atoms with E-state index in [-0.39, 0.29) is 29.9 Å². The third-order valence-corrected chi connectivity index (χ3v) is 6.60. The van der Waals surface area contributed by atoms with Gasteiger partial charge in [-0.05, 0) is 44.0 Å². The Morgan fingerprint density at radius 1 is 1.12 bits per heavy atom. The first-order valence-electron chi connectivity index (χ1n) is 13.0. The number of ether oxygens (including phenoxy) is 2. The summed E-state index contributed by atoms with van der Waals surface area (Å²) in [5.41, 5.74) is 7.96. The van der Waals surface area contributed by atoms with Gasteiger partial charge in [-0.2, -0.15) is 5.26 Å². The summed E-state index contributed by atoms with van der Waals surface area (Å²) in [5.74, 6) is 1.74. The van der Waals surface area contributed by atoms with Gasteiger partial charge in [0.25, 0.3) is 0 Å². The standard InChI is InChI=1S/C29H28FN9O2/c1-18-34-12-19(13-35-18)15-40-24-9-21(30)10-25(11-24)41-23-6-4-20(5-7-23)27(32)26-28(33)37-17-38-29(26)36-14-22-3-2-8-39(22)16-31/h4-7,9-13,17,22,32H,2-3,8,14-15H2,1H3,(H3,33,36,37,38). The lowest BCUT2D eigenvalue weighted by molar-refractivity contribution is 0.301. The summed E-state index contributed by atoms with van der Waals surface area (Å²) >= 11 is 0. The number of likely N-dealkylation sites (tertiary alicyclic amines) is 1. The number of aryl methyl sites for hydroxylation is 1. The topological polar surface area (TPSA) is 159 Å². The molecule has 11 nitrogen and oxygen atoms in total. The van der Waals surface area contributed by atoms with Gasteiger partial charge in [-0.3, -0.25) is 5.41 Å². The zero-order valence-corrected chi connectivity index (χ0v) is 22.3. The molecule has 208 valence electrons. The number of nitrogen functional groups attached to an aromatic ring is 1. The second-order valence-electron chi connectivity index (χ2n) is 9.50. The van der Waals surface area contributed by atoms with Gasteiger partial charge in [-0.1, -0.05) is 0 Å². The Balaban J connectivity index is 1.26. The number of benzene rings is 2. The van der Waals surface area contributed by atoms with Crippen molar-refractivity contribution in [1.29, 1.82) is 10.7 Å². The van der Waals surface area contributed by atoms with E-state index in [2.05, 4.69) is 31.4 Å². The number of rotatable bonds is 10. The number of anilines is 2. The van der Waals surface area contributed by atoms with Crippen LogP contribution in [0.25, 0.3) is 0 Å². The van der Waals surface area contributed by atoms with Crippen molar-refractivity contribution in [2.75, 3.05) is 24.1 Å². The van der Waals surface area contributed by atoms with E-state index < -0.39 is 5.82 Å². The Morgan fingerprint density at radius 2 is 1.88 bits per heavy atom. The van der Waals surface area contributed by atoms with Crippen LogP contribution in [0, 0.1) is 29.6 Å². The van der Waals surface area contributed by atoms with E-state index in [1.807, 2.05) is 0 Å². The van der Waals surface area contributed by atoms with Gasteiger partial charge in [0.2, 0.25) is 0 Å². The van der Waals surface area contributed by atoms with E-state index in [0.29, 0.717) is 40.8 Å². The summed E-state index contributed by atoms with van der Waals surface area (Å²) < 4.78 is 25.9. The second-order valence-corrected chi connectivity index (χ2v) is 9.50. The van der Waals surface area contributed by atoms with Gasteiger partial charge in [-0.25, -0.2) is 24.3 Å². The van der Waals surface area contributed by atoms with Gasteiger partial charge >= 0.3 is 0 Å². The van der Waals surface area contributed by atoms with Crippen molar-refractivity contribution in [2.45, 2.75) is 32.4 Å². The maximum atomic E-state index is 14.3. The summed E-state index contributed by atoms with van der Waals surface area (Å²) in [5, 5.41) is 21.4. The molecule has 1 saturated heterocycles. The molecule has 4 N–H and O–H groups in total. The van der Waals surface area contributed by atoms with Crippen molar-refractivity contribution in [3.05, 3.63) is 89.5 Å². The lowest BCUT2D eigenvalue weighted by Crippen LogP contribution is -2.32. The van der Waals surface area contributed by atoms with Crippen LogP contribution in [0.5, 0.6) is 17.2 Å². The molecule has 0 aliphatic carbocycles. The summed E-state index contributed by atoms with van der Waals surface area (Å²) in [6, 6.07) is 10.9. The molecular weight excluding hydrogens is 525 g/mol. The summed E-state index contributed by atoms with van der Waals surface area (Å²) in [6.45, 7) is 3.20. The number of nitrogens with two attached hydrogens (primary N) is 1. The Bertz CT molecular complexity index is 1570. The molecule has 1 aliphatic rings. The van der Waals surface area contributed by atoms with Crippen molar-refractivity contribution in [3.63, 3.8) is 0 Å². The number of nitrogens with one attached hydrogen (secondary N) is 2. The SMILES string of the molecule is Cc1ncc(COc2cc(F)cc(Oc3ccc(C(=N)c4c(N)ncnc4NCC4CCCN4C#N)cc3)c2)cn1. The molecule has 1 aliphatic heterocycles. The van der Waals surface area contributed by atoms with Crippen LogP contribution in [-0.4, -0.2) is 49.7 Å². The first kappa shape index (κ1) is 27.3. The maximum Gasteiger partial charge on any atom is 0.179 e. The molecule has 2 aromatic heterocycles.